The Morgan fingerprint density at radius 3 is 2.70 bits per heavy atom. The predicted molar refractivity (Wildman–Crippen MR) is 43.4 cm³/mol. The van der Waals surface area contributed by atoms with Gasteiger partial charge in [0.15, 0.2) is 0 Å². The van der Waals surface area contributed by atoms with Crippen LogP contribution in [0.3, 0.4) is 0 Å². The van der Waals surface area contributed by atoms with Gasteiger partial charge in [0.1, 0.15) is 6.61 Å². The summed E-state index contributed by atoms with van der Waals surface area (Å²) in [7, 11) is -0.473. The van der Waals surface area contributed by atoms with E-state index >= 15 is 0 Å². The fourth-order valence-electron chi connectivity index (χ4n) is 0.492. The number of carbonyl (C=O) groups is 1. The Hall–Kier alpha value is -0.573. The molecule has 0 amide bonds. The molecule has 0 N–H and O–H groups in total. The maximum absolute atomic E-state index is 10.8. The molecule has 0 spiro atoms. The predicted octanol–water partition coefficient (Wildman–Crippen LogP) is 1.47. The topological polar surface area (TPSA) is 26.3 Å². The lowest BCUT2D eigenvalue weighted by atomic mass is 10.7. The molecule has 2 nitrogen and oxygen atoms in total. The molecular weight excluding hydrogens is 144 g/mol. The number of carbonyl (C=O) groups excluding carboxylic acids is 1. The number of hydrogen-bond donors (Lipinski definition) is 0. The summed E-state index contributed by atoms with van der Waals surface area (Å²) in [5.74, 6) is -0.0983. The normalized spacial score (nSPS) is 9.50. The van der Waals surface area contributed by atoms with E-state index < -0.39 is 8.80 Å². The van der Waals surface area contributed by atoms with E-state index in [9.17, 15) is 4.79 Å². The van der Waals surface area contributed by atoms with Crippen molar-refractivity contribution in [3.05, 3.63) is 12.7 Å². The van der Waals surface area contributed by atoms with Crippen LogP contribution >= 0.6 is 0 Å². The van der Waals surface area contributed by atoms with Crippen molar-refractivity contribution < 1.29 is 9.53 Å². The Bertz CT molecular complexity index is 121. The summed E-state index contributed by atoms with van der Waals surface area (Å²) in [5, 5.41) is 0. The second kappa shape index (κ2) is 5.23. The molecule has 10 heavy (non-hydrogen) atoms. The molecular formula is C7H13O2Si. The zero-order valence-electron chi connectivity index (χ0n) is 6.52. The van der Waals surface area contributed by atoms with Gasteiger partial charge in [-0.3, -0.25) is 4.79 Å². The van der Waals surface area contributed by atoms with Gasteiger partial charge in [0.2, 0.25) is 0 Å². The van der Waals surface area contributed by atoms with Crippen molar-refractivity contribution in [1.29, 1.82) is 0 Å². The number of hydrogen-bond acceptors (Lipinski definition) is 2. The highest BCUT2D eigenvalue weighted by atomic mass is 28.3. The van der Waals surface area contributed by atoms with Gasteiger partial charge >= 0.3 is 5.97 Å². The second-order valence-electron chi connectivity index (χ2n) is 2.36. The molecule has 0 atom stereocenters. The van der Waals surface area contributed by atoms with E-state index in [2.05, 4.69) is 19.7 Å². The van der Waals surface area contributed by atoms with Crippen molar-refractivity contribution in [2.24, 2.45) is 0 Å². The van der Waals surface area contributed by atoms with E-state index in [1.54, 1.807) is 6.08 Å². The maximum atomic E-state index is 10.8. The van der Waals surface area contributed by atoms with Gasteiger partial charge in [-0.2, -0.15) is 0 Å². The molecule has 0 heterocycles. The molecule has 0 saturated carbocycles. The second-order valence-corrected chi connectivity index (χ2v) is 5.12. The molecule has 0 saturated heterocycles. The smallest absolute Gasteiger partial charge is 0.303 e. The first-order chi connectivity index (χ1) is 4.66. The molecule has 0 aliphatic rings. The average molecular weight is 157 g/mol. The Balaban J connectivity index is 3.34. The summed E-state index contributed by atoms with van der Waals surface area (Å²) in [6.45, 7) is 7.95. The molecule has 57 valence electrons. The van der Waals surface area contributed by atoms with Crippen LogP contribution in [0.4, 0.5) is 0 Å². The Morgan fingerprint density at radius 2 is 2.30 bits per heavy atom. The molecule has 0 aromatic carbocycles. The van der Waals surface area contributed by atoms with Crippen LogP contribution in [0, 0.1) is 0 Å². The lowest BCUT2D eigenvalue weighted by Gasteiger charge is -2.01. The molecule has 0 aromatic rings. The van der Waals surface area contributed by atoms with Crippen LogP contribution in [0.25, 0.3) is 0 Å². The Kier molecular flexibility index (Phi) is 4.93. The van der Waals surface area contributed by atoms with Crippen LogP contribution in [0.15, 0.2) is 12.7 Å². The lowest BCUT2D eigenvalue weighted by Crippen LogP contribution is -2.11. The van der Waals surface area contributed by atoms with Gasteiger partial charge in [-0.1, -0.05) is 25.7 Å². The number of rotatable bonds is 4. The minimum Gasteiger partial charge on any atom is -0.462 e. The molecule has 0 aromatic heterocycles. The molecule has 0 fully saturated rings. The zero-order valence-corrected chi connectivity index (χ0v) is 7.52. The van der Waals surface area contributed by atoms with Gasteiger partial charge < -0.3 is 4.74 Å². The standard InChI is InChI=1S/C7H13O2Si/c1-4-5-9-7(8)6-10(2)3/h4H,1,5-6H2,2-3H3. The fourth-order valence-corrected chi connectivity index (χ4v) is 1.17. The monoisotopic (exact) mass is 157 g/mol. The fraction of sp³-hybridized carbons (Fsp3) is 0.571. The largest absolute Gasteiger partial charge is 0.462 e. The van der Waals surface area contributed by atoms with E-state index in [1.165, 1.54) is 0 Å². The highest BCUT2D eigenvalue weighted by Gasteiger charge is 2.05. The summed E-state index contributed by atoms with van der Waals surface area (Å²) in [6.07, 6.45) is 1.58. The summed E-state index contributed by atoms with van der Waals surface area (Å²) >= 11 is 0. The third-order valence-electron chi connectivity index (χ3n) is 0.860. The zero-order chi connectivity index (χ0) is 7.98. The van der Waals surface area contributed by atoms with Crippen LogP contribution in [-0.2, 0) is 9.53 Å². The average Bonchev–Trinajstić information content (AvgIpc) is 1.82. The van der Waals surface area contributed by atoms with E-state index in [0.717, 1.165) is 0 Å². The minimum atomic E-state index is -0.473. The van der Waals surface area contributed by atoms with Crippen LogP contribution < -0.4 is 0 Å². The molecule has 0 rings (SSSR count). The van der Waals surface area contributed by atoms with E-state index in [-0.39, 0.29) is 5.97 Å². The van der Waals surface area contributed by atoms with Crippen molar-refractivity contribution in [3.8, 4) is 0 Å². The first-order valence-corrected chi connectivity index (χ1v) is 5.93. The molecule has 1 radical (unpaired) electrons. The molecule has 0 bridgehead atoms. The third kappa shape index (κ3) is 5.56. The highest BCUT2D eigenvalue weighted by molar-refractivity contribution is 6.59. The summed E-state index contributed by atoms with van der Waals surface area (Å²) in [5.41, 5.74) is 0. The molecule has 3 heteroatoms. The molecule has 0 aliphatic carbocycles. The minimum absolute atomic E-state index is 0.0983. The Morgan fingerprint density at radius 1 is 1.70 bits per heavy atom. The van der Waals surface area contributed by atoms with Gasteiger partial charge in [-0.05, 0) is 0 Å². The Labute approximate surface area is 63.5 Å². The summed E-state index contributed by atoms with van der Waals surface area (Å²) in [4.78, 5) is 10.8. The van der Waals surface area contributed by atoms with Crippen molar-refractivity contribution in [2.45, 2.75) is 19.1 Å². The van der Waals surface area contributed by atoms with E-state index in [0.29, 0.717) is 12.7 Å². The van der Waals surface area contributed by atoms with Gasteiger partial charge in [0.05, 0.1) is 8.80 Å². The first kappa shape index (κ1) is 9.43. The quantitative estimate of drug-likeness (QED) is 0.351. The van der Waals surface area contributed by atoms with Crippen molar-refractivity contribution in [3.63, 3.8) is 0 Å². The number of ether oxygens (including phenoxy) is 1. The summed E-state index contributed by atoms with van der Waals surface area (Å²) in [6, 6.07) is 0.596. The molecule has 0 unspecified atom stereocenters. The van der Waals surface area contributed by atoms with Crippen molar-refractivity contribution >= 4 is 14.8 Å². The highest BCUT2D eigenvalue weighted by Crippen LogP contribution is 1.93. The van der Waals surface area contributed by atoms with Crippen LogP contribution in [-0.4, -0.2) is 21.4 Å². The maximum Gasteiger partial charge on any atom is 0.303 e. The summed E-state index contributed by atoms with van der Waals surface area (Å²) < 4.78 is 4.77. The molecule has 0 aliphatic heterocycles. The van der Waals surface area contributed by atoms with Crippen LogP contribution in [0.5, 0.6) is 0 Å². The van der Waals surface area contributed by atoms with E-state index in [1.807, 2.05) is 0 Å². The SMILES string of the molecule is C=CCOC(=O)C[Si](C)C. The van der Waals surface area contributed by atoms with Gasteiger partial charge in [0, 0.05) is 6.04 Å². The third-order valence-corrected chi connectivity index (χ3v) is 1.86. The number of esters is 1. The van der Waals surface area contributed by atoms with Crippen molar-refractivity contribution in [2.75, 3.05) is 6.61 Å². The van der Waals surface area contributed by atoms with Crippen molar-refractivity contribution in [1.82, 2.24) is 0 Å². The first-order valence-electron chi connectivity index (χ1n) is 3.22. The van der Waals surface area contributed by atoms with Crippen LogP contribution in [0.2, 0.25) is 19.1 Å². The lowest BCUT2D eigenvalue weighted by molar-refractivity contribution is -0.139. The van der Waals surface area contributed by atoms with Gasteiger partial charge in [0.25, 0.3) is 0 Å². The van der Waals surface area contributed by atoms with E-state index in [4.69, 9.17) is 4.74 Å². The van der Waals surface area contributed by atoms with Crippen LogP contribution in [0.1, 0.15) is 0 Å². The van der Waals surface area contributed by atoms with Gasteiger partial charge in [-0.25, -0.2) is 0 Å². The van der Waals surface area contributed by atoms with Gasteiger partial charge in [-0.15, -0.1) is 0 Å².